The summed E-state index contributed by atoms with van der Waals surface area (Å²) in [5, 5.41) is 8.66. The first-order valence-corrected chi connectivity index (χ1v) is 4.14. The highest BCUT2D eigenvalue weighted by atomic mass is 16.2. The van der Waals surface area contributed by atoms with E-state index in [1.807, 2.05) is 6.08 Å². The van der Waals surface area contributed by atoms with Crippen molar-refractivity contribution in [2.75, 3.05) is 6.61 Å². The van der Waals surface area contributed by atoms with Crippen LogP contribution < -0.4 is 0 Å². The second-order valence-electron chi connectivity index (χ2n) is 3.11. The summed E-state index contributed by atoms with van der Waals surface area (Å²) in [6, 6.07) is 0. The van der Waals surface area contributed by atoms with E-state index in [4.69, 9.17) is 5.11 Å². The van der Waals surface area contributed by atoms with Crippen LogP contribution in [0.25, 0.3) is 0 Å². The zero-order chi connectivity index (χ0) is 7.40. The van der Waals surface area contributed by atoms with Crippen molar-refractivity contribution < 1.29 is 5.11 Å². The molecule has 0 aromatic carbocycles. The Bertz CT molecular complexity index is 127. The number of hydrogen-bond donors (Lipinski definition) is 1. The Labute approximate surface area is 62.8 Å². The van der Waals surface area contributed by atoms with Gasteiger partial charge in [0.2, 0.25) is 0 Å². The minimum Gasteiger partial charge on any atom is -0.392 e. The van der Waals surface area contributed by atoms with E-state index in [2.05, 4.69) is 6.92 Å². The number of rotatable bonds is 1. The van der Waals surface area contributed by atoms with Gasteiger partial charge < -0.3 is 5.11 Å². The fraction of sp³-hybridized carbons (Fsp3) is 0.778. The SMILES string of the molecule is CC1CCCC/C1=C\CO. The largest absolute Gasteiger partial charge is 0.392 e. The Morgan fingerprint density at radius 2 is 2.40 bits per heavy atom. The smallest absolute Gasteiger partial charge is 0.0615 e. The predicted octanol–water partition coefficient (Wildman–Crippen LogP) is 2.12. The van der Waals surface area contributed by atoms with Crippen LogP contribution in [-0.4, -0.2) is 11.7 Å². The molecule has 1 atom stereocenters. The van der Waals surface area contributed by atoms with Crippen molar-refractivity contribution in [3.8, 4) is 0 Å². The van der Waals surface area contributed by atoms with Crippen molar-refractivity contribution in [1.29, 1.82) is 0 Å². The van der Waals surface area contributed by atoms with E-state index in [0.717, 1.165) is 5.92 Å². The van der Waals surface area contributed by atoms with Crippen molar-refractivity contribution in [3.05, 3.63) is 11.6 Å². The van der Waals surface area contributed by atoms with Crippen LogP contribution in [0.15, 0.2) is 11.6 Å². The van der Waals surface area contributed by atoms with Crippen molar-refractivity contribution in [2.24, 2.45) is 5.92 Å². The van der Waals surface area contributed by atoms with Gasteiger partial charge in [-0.3, -0.25) is 0 Å². The molecule has 1 unspecified atom stereocenters. The lowest BCUT2D eigenvalue weighted by Gasteiger charge is -2.21. The Morgan fingerprint density at radius 3 is 3.00 bits per heavy atom. The average Bonchev–Trinajstić information content (AvgIpc) is 1.94. The molecule has 10 heavy (non-hydrogen) atoms. The van der Waals surface area contributed by atoms with E-state index in [0.29, 0.717) is 0 Å². The fourth-order valence-electron chi connectivity index (χ4n) is 1.63. The molecule has 0 aromatic rings. The van der Waals surface area contributed by atoms with Gasteiger partial charge in [0, 0.05) is 0 Å². The number of aliphatic hydroxyl groups excluding tert-OH is 1. The van der Waals surface area contributed by atoms with Crippen molar-refractivity contribution >= 4 is 0 Å². The molecule has 1 aliphatic carbocycles. The van der Waals surface area contributed by atoms with Crippen LogP contribution >= 0.6 is 0 Å². The maximum atomic E-state index is 8.66. The maximum absolute atomic E-state index is 8.66. The lowest BCUT2D eigenvalue weighted by Crippen LogP contribution is -2.06. The molecule has 1 fully saturated rings. The van der Waals surface area contributed by atoms with E-state index >= 15 is 0 Å². The molecule has 0 bridgehead atoms. The lowest BCUT2D eigenvalue weighted by atomic mass is 9.85. The molecule has 0 spiro atoms. The second kappa shape index (κ2) is 3.77. The van der Waals surface area contributed by atoms with Crippen LogP contribution in [0.4, 0.5) is 0 Å². The molecule has 0 saturated heterocycles. The summed E-state index contributed by atoms with van der Waals surface area (Å²) >= 11 is 0. The van der Waals surface area contributed by atoms with Crippen LogP contribution in [0.5, 0.6) is 0 Å². The van der Waals surface area contributed by atoms with Gasteiger partial charge in [-0.25, -0.2) is 0 Å². The molecule has 0 heterocycles. The van der Waals surface area contributed by atoms with Gasteiger partial charge in [0.25, 0.3) is 0 Å². The summed E-state index contributed by atoms with van der Waals surface area (Å²) in [5.41, 5.74) is 1.47. The van der Waals surface area contributed by atoms with Crippen LogP contribution in [0.2, 0.25) is 0 Å². The molecule has 1 aliphatic rings. The van der Waals surface area contributed by atoms with Gasteiger partial charge in [-0.1, -0.05) is 25.0 Å². The summed E-state index contributed by atoms with van der Waals surface area (Å²) in [5.74, 6) is 0.723. The van der Waals surface area contributed by atoms with Crippen molar-refractivity contribution in [2.45, 2.75) is 32.6 Å². The molecule has 1 saturated carbocycles. The Hall–Kier alpha value is -0.300. The summed E-state index contributed by atoms with van der Waals surface area (Å²) in [4.78, 5) is 0. The third-order valence-corrected chi connectivity index (χ3v) is 2.34. The molecule has 58 valence electrons. The van der Waals surface area contributed by atoms with Crippen LogP contribution in [0.3, 0.4) is 0 Å². The lowest BCUT2D eigenvalue weighted by molar-refractivity contribution is 0.338. The first kappa shape index (κ1) is 7.80. The molecular formula is C9H16O. The van der Waals surface area contributed by atoms with Gasteiger partial charge in [0.05, 0.1) is 6.61 Å². The quantitative estimate of drug-likeness (QED) is 0.553. The van der Waals surface area contributed by atoms with Crippen molar-refractivity contribution in [3.63, 3.8) is 0 Å². The van der Waals surface area contributed by atoms with E-state index in [-0.39, 0.29) is 6.61 Å². The summed E-state index contributed by atoms with van der Waals surface area (Å²) < 4.78 is 0. The zero-order valence-electron chi connectivity index (χ0n) is 6.64. The molecule has 0 aliphatic heterocycles. The number of hydrogen-bond acceptors (Lipinski definition) is 1. The minimum atomic E-state index is 0.222. The second-order valence-corrected chi connectivity index (χ2v) is 3.11. The van der Waals surface area contributed by atoms with Gasteiger partial charge >= 0.3 is 0 Å². The van der Waals surface area contributed by atoms with E-state index < -0.39 is 0 Å². The highest BCUT2D eigenvalue weighted by Crippen LogP contribution is 2.28. The first-order valence-electron chi connectivity index (χ1n) is 4.14. The monoisotopic (exact) mass is 140 g/mol. The molecule has 0 aromatic heterocycles. The fourth-order valence-corrected chi connectivity index (χ4v) is 1.63. The van der Waals surface area contributed by atoms with Gasteiger partial charge in [-0.2, -0.15) is 0 Å². The van der Waals surface area contributed by atoms with E-state index in [1.165, 1.54) is 31.3 Å². The van der Waals surface area contributed by atoms with Crippen molar-refractivity contribution in [1.82, 2.24) is 0 Å². The highest BCUT2D eigenvalue weighted by molar-refractivity contribution is 5.07. The zero-order valence-corrected chi connectivity index (χ0v) is 6.64. The molecule has 0 amide bonds. The van der Waals surface area contributed by atoms with E-state index in [9.17, 15) is 0 Å². The minimum absolute atomic E-state index is 0.222. The third kappa shape index (κ3) is 1.84. The Morgan fingerprint density at radius 1 is 1.60 bits per heavy atom. The van der Waals surface area contributed by atoms with Gasteiger partial charge in [-0.05, 0) is 25.2 Å². The topological polar surface area (TPSA) is 20.2 Å². The number of aliphatic hydroxyl groups is 1. The van der Waals surface area contributed by atoms with Gasteiger partial charge in [-0.15, -0.1) is 0 Å². The van der Waals surface area contributed by atoms with Gasteiger partial charge in [0.15, 0.2) is 0 Å². The third-order valence-electron chi connectivity index (χ3n) is 2.34. The van der Waals surface area contributed by atoms with Crippen LogP contribution in [0.1, 0.15) is 32.6 Å². The summed E-state index contributed by atoms with van der Waals surface area (Å²) in [6.07, 6.45) is 7.18. The molecule has 1 N–H and O–H groups in total. The van der Waals surface area contributed by atoms with E-state index in [1.54, 1.807) is 0 Å². The first-order chi connectivity index (χ1) is 4.84. The Balaban J connectivity index is 2.47. The summed E-state index contributed by atoms with van der Waals surface area (Å²) in [7, 11) is 0. The molecule has 0 radical (unpaired) electrons. The number of allylic oxidation sites excluding steroid dienone is 1. The molecule has 1 heteroatoms. The molecule has 1 rings (SSSR count). The summed E-state index contributed by atoms with van der Waals surface area (Å²) in [6.45, 7) is 2.47. The van der Waals surface area contributed by atoms with Crippen LogP contribution in [-0.2, 0) is 0 Å². The van der Waals surface area contributed by atoms with Crippen LogP contribution in [0, 0.1) is 5.92 Å². The maximum Gasteiger partial charge on any atom is 0.0615 e. The normalized spacial score (nSPS) is 31.0. The average molecular weight is 140 g/mol. The highest BCUT2D eigenvalue weighted by Gasteiger charge is 2.12. The standard InChI is InChI=1S/C9H16O/c1-8-4-2-3-5-9(8)6-7-10/h6,8,10H,2-5,7H2,1H3/b9-6+. The predicted molar refractivity (Wildman–Crippen MR) is 42.8 cm³/mol. The molecule has 1 nitrogen and oxygen atoms in total. The Kier molecular flexibility index (Phi) is 2.94. The van der Waals surface area contributed by atoms with Gasteiger partial charge in [0.1, 0.15) is 0 Å². The molecular weight excluding hydrogens is 124 g/mol.